The van der Waals surface area contributed by atoms with E-state index in [1.54, 1.807) is 0 Å². The van der Waals surface area contributed by atoms with Crippen LogP contribution in [0.4, 0.5) is 0 Å². The maximum atomic E-state index is 3.87. The van der Waals surface area contributed by atoms with Crippen LogP contribution in [0.5, 0.6) is 0 Å². The second-order valence-electron chi connectivity index (χ2n) is 6.15. The van der Waals surface area contributed by atoms with Crippen molar-refractivity contribution in [3.63, 3.8) is 0 Å². The molecule has 0 heterocycles. The minimum atomic E-state index is 0.136. The van der Waals surface area contributed by atoms with Crippen molar-refractivity contribution in [2.75, 3.05) is 0 Å². The van der Waals surface area contributed by atoms with Crippen molar-refractivity contribution in [1.82, 2.24) is 5.32 Å². The molecule has 0 aliphatic heterocycles. The molecule has 3 heteroatoms. The van der Waals surface area contributed by atoms with E-state index in [2.05, 4.69) is 95.8 Å². The fourth-order valence-corrected chi connectivity index (χ4v) is 5.59. The molecule has 0 fully saturated rings. The summed E-state index contributed by atoms with van der Waals surface area (Å²) in [5, 5.41) is 4.91. The molecule has 0 saturated carbocycles. The van der Waals surface area contributed by atoms with Gasteiger partial charge >= 0.3 is 149 Å². The van der Waals surface area contributed by atoms with Gasteiger partial charge in [-0.3, -0.25) is 0 Å². The predicted molar refractivity (Wildman–Crippen MR) is 101 cm³/mol. The Morgan fingerprint density at radius 3 is 2.23 bits per heavy atom. The first-order valence-corrected chi connectivity index (χ1v) is 10.6. The predicted octanol–water partition coefficient (Wildman–Crippen LogP) is 4.16. The Kier molecular flexibility index (Phi) is 7.17. The molecule has 1 atom stereocenters. The summed E-state index contributed by atoms with van der Waals surface area (Å²) in [7, 11) is 0. The molecule has 1 N–H and O–H groups in total. The third kappa shape index (κ3) is 6.66. The van der Waals surface area contributed by atoms with Crippen molar-refractivity contribution in [2.24, 2.45) is 0 Å². The van der Waals surface area contributed by atoms with E-state index in [-0.39, 0.29) is 5.54 Å². The van der Waals surface area contributed by atoms with Gasteiger partial charge in [-0.1, -0.05) is 0 Å². The van der Waals surface area contributed by atoms with Crippen LogP contribution >= 0.6 is 15.9 Å². The molecule has 0 aliphatic rings. The Hall–Kier alpha value is -0.601. The van der Waals surface area contributed by atoms with E-state index >= 15 is 0 Å². The van der Waals surface area contributed by atoms with Crippen LogP contribution in [0.25, 0.3) is 0 Å². The summed E-state index contributed by atoms with van der Waals surface area (Å²) in [4.78, 5) is 0.561. The molecule has 0 amide bonds. The first kappa shape index (κ1) is 17.7. The van der Waals surface area contributed by atoms with E-state index < -0.39 is 0 Å². The topological polar surface area (TPSA) is 12.0 Å². The molecule has 2 aromatic carbocycles. The van der Waals surface area contributed by atoms with Crippen LogP contribution in [-0.2, 0) is 6.54 Å². The van der Waals surface area contributed by atoms with E-state index in [4.69, 9.17) is 0 Å². The third-order valence-electron chi connectivity index (χ3n) is 3.52. The molecule has 118 valence electrons. The van der Waals surface area contributed by atoms with Gasteiger partial charge in [-0.05, 0) is 0 Å². The summed E-state index contributed by atoms with van der Waals surface area (Å²) >= 11 is 4.42. The molecule has 0 saturated heterocycles. The summed E-state index contributed by atoms with van der Waals surface area (Å²) in [5.74, 6) is 0. The molecule has 0 aliphatic carbocycles. The number of alkyl halides is 1. The van der Waals surface area contributed by atoms with Crippen molar-refractivity contribution in [2.45, 2.75) is 42.5 Å². The Morgan fingerprint density at radius 1 is 1.00 bits per heavy atom. The second-order valence-corrected chi connectivity index (χ2v) is 9.74. The van der Waals surface area contributed by atoms with Crippen LogP contribution in [0.2, 0.25) is 5.32 Å². The van der Waals surface area contributed by atoms with Gasteiger partial charge in [-0.25, -0.2) is 0 Å². The average Bonchev–Trinajstić information content (AvgIpc) is 2.53. The van der Waals surface area contributed by atoms with Gasteiger partial charge < -0.3 is 0 Å². The molecular weight excluding hydrogens is 401 g/mol. The molecule has 0 spiro atoms. The first-order valence-electron chi connectivity index (χ1n) is 7.66. The second kappa shape index (κ2) is 8.88. The molecule has 2 rings (SSSR count). The summed E-state index contributed by atoms with van der Waals surface area (Å²) in [5.41, 5.74) is 1.48. The van der Waals surface area contributed by atoms with Crippen LogP contribution in [0, 0.1) is 0 Å². The zero-order valence-electron chi connectivity index (χ0n) is 13.3. The Morgan fingerprint density at radius 2 is 1.59 bits per heavy atom. The molecule has 1 nitrogen and oxygen atoms in total. The van der Waals surface area contributed by atoms with Crippen molar-refractivity contribution >= 4 is 35.3 Å². The van der Waals surface area contributed by atoms with Gasteiger partial charge in [0.2, 0.25) is 0 Å². The quantitative estimate of drug-likeness (QED) is 0.495. The van der Waals surface area contributed by atoms with Gasteiger partial charge in [0.15, 0.2) is 0 Å². The minimum absolute atomic E-state index is 0.136. The van der Waals surface area contributed by atoms with Crippen molar-refractivity contribution in [3.8, 4) is 0 Å². The van der Waals surface area contributed by atoms with E-state index in [1.807, 2.05) is 0 Å². The van der Waals surface area contributed by atoms with Gasteiger partial charge in [0.1, 0.15) is 0 Å². The average molecular weight is 425 g/mol. The van der Waals surface area contributed by atoms with Crippen LogP contribution in [0.1, 0.15) is 25.8 Å². The molecule has 0 radical (unpaired) electrons. The molecule has 2 aromatic rings. The number of benzene rings is 2. The maximum absolute atomic E-state index is 3.87. The van der Waals surface area contributed by atoms with Gasteiger partial charge in [-0.2, -0.15) is 0 Å². The number of nitrogens with one attached hydrogen (secondary N) is 1. The van der Waals surface area contributed by atoms with Crippen molar-refractivity contribution in [3.05, 3.63) is 66.2 Å². The number of rotatable bonds is 8. The Labute approximate surface area is 149 Å². The standard InChI is InChI=1S/C19H24BrNSe/c1-19(2,21-14-16-9-5-3-6-10-16)13-17(20)15-22-18-11-7-4-8-12-18/h3-12,17,21H,13-15H2,1-2H3. The molecule has 0 aromatic heterocycles. The van der Waals surface area contributed by atoms with E-state index in [1.165, 1.54) is 15.3 Å². The third-order valence-corrected chi connectivity index (χ3v) is 7.60. The van der Waals surface area contributed by atoms with Gasteiger partial charge in [0.25, 0.3) is 0 Å². The number of hydrogen-bond acceptors (Lipinski definition) is 1. The van der Waals surface area contributed by atoms with E-state index in [0.717, 1.165) is 13.0 Å². The van der Waals surface area contributed by atoms with E-state index in [9.17, 15) is 0 Å². The van der Waals surface area contributed by atoms with Crippen LogP contribution in [-0.4, -0.2) is 25.3 Å². The van der Waals surface area contributed by atoms with Crippen LogP contribution in [0.15, 0.2) is 60.7 Å². The SMILES string of the molecule is CC(C)(CC(Br)C[Se]c1ccccc1)NCc1ccccc1. The number of hydrogen-bond donors (Lipinski definition) is 1. The Bertz CT molecular complexity index is 542. The summed E-state index contributed by atoms with van der Waals surface area (Å²) in [6.45, 7) is 5.51. The van der Waals surface area contributed by atoms with Gasteiger partial charge in [0.05, 0.1) is 0 Å². The van der Waals surface area contributed by atoms with Crippen LogP contribution in [0.3, 0.4) is 0 Å². The van der Waals surface area contributed by atoms with Crippen molar-refractivity contribution in [1.29, 1.82) is 0 Å². The summed E-state index contributed by atoms with van der Waals surface area (Å²) < 4.78 is 1.48. The Balaban J connectivity index is 1.75. The monoisotopic (exact) mass is 425 g/mol. The van der Waals surface area contributed by atoms with Gasteiger partial charge in [-0.15, -0.1) is 0 Å². The zero-order chi connectivity index (χ0) is 15.8. The first-order chi connectivity index (χ1) is 10.6. The van der Waals surface area contributed by atoms with Crippen LogP contribution < -0.4 is 9.78 Å². The molecule has 1 unspecified atom stereocenters. The fourth-order valence-electron chi connectivity index (χ4n) is 2.33. The summed E-state index contributed by atoms with van der Waals surface area (Å²) in [6, 6.07) is 21.4. The van der Waals surface area contributed by atoms with Gasteiger partial charge in [0, 0.05) is 0 Å². The van der Waals surface area contributed by atoms with Crippen molar-refractivity contribution < 1.29 is 0 Å². The van der Waals surface area contributed by atoms with E-state index in [0.29, 0.717) is 19.8 Å². The zero-order valence-corrected chi connectivity index (χ0v) is 16.6. The molecule has 0 bridgehead atoms. The number of halogens is 1. The fraction of sp³-hybridized carbons (Fsp3) is 0.368. The molecular formula is C19H24BrNSe. The normalized spacial score (nSPS) is 13.0. The summed E-state index contributed by atoms with van der Waals surface area (Å²) in [6.07, 6.45) is 1.13. The molecule has 22 heavy (non-hydrogen) atoms.